The summed E-state index contributed by atoms with van der Waals surface area (Å²) in [5, 5.41) is 3.04. The van der Waals surface area contributed by atoms with Crippen LogP contribution in [0.25, 0.3) is 0 Å². The van der Waals surface area contributed by atoms with Crippen LogP contribution in [0.15, 0.2) is 78.9 Å². The van der Waals surface area contributed by atoms with Gasteiger partial charge in [0.2, 0.25) is 21.8 Å². The zero-order valence-corrected chi connectivity index (χ0v) is 22.9. The first-order valence-electron chi connectivity index (χ1n) is 12.1. The highest BCUT2D eigenvalue weighted by Crippen LogP contribution is 2.23. The van der Waals surface area contributed by atoms with Crippen molar-refractivity contribution in [3.8, 4) is 0 Å². The molecule has 0 saturated carbocycles. The number of amides is 2. The Morgan fingerprint density at radius 2 is 1.66 bits per heavy atom. The smallest absolute Gasteiger partial charge is 0.242 e. The molecule has 0 saturated heterocycles. The molecule has 202 valence electrons. The average molecular weight is 560 g/mol. The van der Waals surface area contributed by atoms with Crippen LogP contribution in [0.4, 0.5) is 10.1 Å². The van der Waals surface area contributed by atoms with Crippen LogP contribution in [0.1, 0.15) is 24.0 Å². The predicted molar refractivity (Wildman–Crippen MR) is 148 cm³/mol. The number of nitrogens with zero attached hydrogens (tertiary/aromatic N) is 2. The van der Waals surface area contributed by atoms with Gasteiger partial charge < -0.3 is 10.2 Å². The van der Waals surface area contributed by atoms with Gasteiger partial charge in [-0.1, -0.05) is 60.1 Å². The van der Waals surface area contributed by atoms with Crippen molar-refractivity contribution >= 4 is 39.1 Å². The molecule has 3 aromatic rings. The summed E-state index contributed by atoms with van der Waals surface area (Å²) in [6.07, 6.45) is 1.59. The van der Waals surface area contributed by atoms with E-state index < -0.39 is 21.9 Å². The third-order valence-electron chi connectivity index (χ3n) is 6.03. The van der Waals surface area contributed by atoms with E-state index in [9.17, 15) is 22.4 Å². The molecule has 0 bridgehead atoms. The molecule has 38 heavy (non-hydrogen) atoms. The van der Waals surface area contributed by atoms with E-state index >= 15 is 0 Å². The van der Waals surface area contributed by atoms with Gasteiger partial charge in [-0.3, -0.25) is 13.9 Å². The number of carbonyl (C=O) groups excluding carboxylic acids is 2. The van der Waals surface area contributed by atoms with Gasteiger partial charge in [-0.2, -0.15) is 0 Å². The molecule has 1 N–H and O–H groups in total. The van der Waals surface area contributed by atoms with E-state index in [1.807, 2.05) is 30.3 Å². The van der Waals surface area contributed by atoms with Crippen molar-refractivity contribution in [3.63, 3.8) is 0 Å². The number of hydrogen-bond donors (Lipinski definition) is 1. The minimum Gasteiger partial charge on any atom is -0.357 e. The lowest BCUT2D eigenvalue weighted by molar-refractivity contribution is -0.141. The van der Waals surface area contributed by atoms with Gasteiger partial charge in [0.25, 0.3) is 0 Å². The second kappa shape index (κ2) is 13.4. The molecule has 0 aliphatic rings. The van der Waals surface area contributed by atoms with Gasteiger partial charge in [-0.25, -0.2) is 12.8 Å². The number of anilines is 1. The zero-order chi connectivity index (χ0) is 27.7. The summed E-state index contributed by atoms with van der Waals surface area (Å²) in [7, 11) is -2.12. The summed E-state index contributed by atoms with van der Waals surface area (Å²) in [5.41, 5.74) is 1.95. The molecule has 0 spiro atoms. The quantitative estimate of drug-likeness (QED) is 0.356. The van der Waals surface area contributed by atoms with E-state index in [4.69, 9.17) is 11.6 Å². The molecule has 1 unspecified atom stereocenters. The normalized spacial score (nSPS) is 12.0. The van der Waals surface area contributed by atoms with Crippen molar-refractivity contribution in [2.45, 2.75) is 31.8 Å². The third kappa shape index (κ3) is 8.29. The van der Waals surface area contributed by atoms with E-state index in [-0.39, 0.29) is 44.2 Å². The first-order valence-corrected chi connectivity index (χ1v) is 14.3. The van der Waals surface area contributed by atoms with Crippen LogP contribution in [0.5, 0.6) is 0 Å². The Bertz CT molecular complexity index is 1340. The Kier molecular flexibility index (Phi) is 10.3. The van der Waals surface area contributed by atoms with Crippen LogP contribution in [0.3, 0.4) is 0 Å². The number of benzene rings is 3. The van der Waals surface area contributed by atoms with Crippen molar-refractivity contribution in [2.75, 3.05) is 24.2 Å². The summed E-state index contributed by atoms with van der Waals surface area (Å²) in [6.45, 7) is 0.146. The predicted octanol–water partition coefficient (Wildman–Crippen LogP) is 4.41. The number of rotatable bonds is 12. The van der Waals surface area contributed by atoms with Gasteiger partial charge in [0, 0.05) is 38.0 Å². The highest BCUT2D eigenvalue weighted by Gasteiger charge is 2.30. The minimum atomic E-state index is -3.63. The molecule has 0 fully saturated rings. The summed E-state index contributed by atoms with van der Waals surface area (Å²) < 4.78 is 39.6. The number of nitrogens with one attached hydrogen (secondary N) is 1. The second-order valence-corrected chi connectivity index (χ2v) is 11.2. The first kappa shape index (κ1) is 29.1. The van der Waals surface area contributed by atoms with Crippen LogP contribution in [-0.2, 0) is 32.6 Å². The second-order valence-electron chi connectivity index (χ2n) is 8.89. The van der Waals surface area contributed by atoms with Crippen LogP contribution < -0.4 is 9.62 Å². The summed E-state index contributed by atoms with van der Waals surface area (Å²) >= 11 is 6.05. The third-order valence-corrected chi connectivity index (χ3v) is 7.46. The maximum Gasteiger partial charge on any atom is 0.242 e. The fourth-order valence-corrected chi connectivity index (χ4v) is 5.28. The Morgan fingerprint density at radius 3 is 2.26 bits per heavy atom. The largest absolute Gasteiger partial charge is 0.357 e. The monoisotopic (exact) mass is 559 g/mol. The Hall–Kier alpha value is -3.43. The van der Waals surface area contributed by atoms with Gasteiger partial charge in [0.1, 0.15) is 11.9 Å². The molecule has 3 rings (SSSR count). The number of likely N-dealkylation sites (N-methyl/N-ethyl adjacent to an activating group) is 1. The standard InChI is InChI=1S/C28H31ClFN3O4S/c1-31-28(35)26(18-21-8-4-3-5-9-21)32(20-22-13-15-24(30)16-14-22)27(34)12-7-17-33(38(2,36)37)25-11-6-10-23(29)19-25/h3-6,8-11,13-16,19,26H,7,12,17-18,20H2,1-2H3,(H,31,35). The van der Waals surface area contributed by atoms with Gasteiger partial charge in [0.05, 0.1) is 11.9 Å². The van der Waals surface area contributed by atoms with E-state index in [2.05, 4.69) is 5.32 Å². The van der Waals surface area contributed by atoms with E-state index in [1.165, 1.54) is 28.4 Å². The minimum absolute atomic E-state index is 0.00390. The van der Waals surface area contributed by atoms with E-state index in [1.54, 1.807) is 36.4 Å². The average Bonchev–Trinajstić information content (AvgIpc) is 2.89. The molecule has 3 aromatic carbocycles. The van der Waals surface area contributed by atoms with Gasteiger partial charge in [-0.15, -0.1) is 0 Å². The van der Waals surface area contributed by atoms with Crippen LogP contribution in [0.2, 0.25) is 5.02 Å². The molecular formula is C28H31ClFN3O4S. The van der Waals surface area contributed by atoms with Gasteiger partial charge >= 0.3 is 0 Å². The summed E-state index contributed by atoms with van der Waals surface area (Å²) in [6, 6.07) is 20.8. The summed E-state index contributed by atoms with van der Waals surface area (Å²) in [4.78, 5) is 28.0. The molecule has 0 aromatic heterocycles. The molecule has 0 aliphatic carbocycles. The van der Waals surface area contributed by atoms with Crippen molar-refractivity contribution < 1.29 is 22.4 Å². The number of carbonyl (C=O) groups is 2. The number of sulfonamides is 1. The fraction of sp³-hybridized carbons (Fsp3) is 0.286. The van der Waals surface area contributed by atoms with Gasteiger partial charge in [-0.05, 0) is 47.9 Å². The molecule has 2 amide bonds. The Balaban J connectivity index is 1.84. The zero-order valence-electron chi connectivity index (χ0n) is 21.3. The molecule has 0 aliphatic heterocycles. The fourth-order valence-electron chi connectivity index (χ4n) is 4.14. The molecule has 1 atom stereocenters. The van der Waals surface area contributed by atoms with Crippen molar-refractivity contribution in [3.05, 3.63) is 101 Å². The van der Waals surface area contributed by atoms with Gasteiger partial charge in [0.15, 0.2) is 0 Å². The highest BCUT2D eigenvalue weighted by atomic mass is 35.5. The molecule has 10 heteroatoms. The molecular weight excluding hydrogens is 529 g/mol. The Morgan fingerprint density at radius 1 is 0.974 bits per heavy atom. The van der Waals surface area contributed by atoms with Crippen molar-refractivity contribution in [1.29, 1.82) is 0 Å². The van der Waals surface area contributed by atoms with Crippen LogP contribution >= 0.6 is 11.6 Å². The van der Waals surface area contributed by atoms with Crippen molar-refractivity contribution in [1.82, 2.24) is 10.2 Å². The van der Waals surface area contributed by atoms with E-state index in [0.717, 1.165) is 11.8 Å². The lowest BCUT2D eigenvalue weighted by Crippen LogP contribution is -2.49. The van der Waals surface area contributed by atoms with Crippen LogP contribution in [0, 0.1) is 5.82 Å². The highest BCUT2D eigenvalue weighted by molar-refractivity contribution is 7.92. The lowest BCUT2D eigenvalue weighted by Gasteiger charge is -2.31. The van der Waals surface area contributed by atoms with E-state index in [0.29, 0.717) is 16.3 Å². The molecule has 0 radical (unpaired) electrons. The lowest BCUT2D eigenvalue weighted by atomic mass is 10.0. The van der Waals surface area contributed by atoms with Crippen molar-refractivity contribution in [2.24, 2.45) is 0 Å². The molecule has 7 nitrogen and oxygen atoms in total. The number of hydrogen-bond acceptors (Lipinski definition) is 4. The topological polar surface area (TPSA) is 86.8 Å². The molecule has 0 heterocycles. The number of halogens is 2. The SMILES string of the molecule is CNC(=O)C(Cc1ccccc1)N(Cc1ccc(F)cc1)C(=O)CCCN(c1cccc(Cl)c1)S(C)(=O)=O. The summed E-state index contributed by atoms with van der Waals surface area (Å²) in [5.74, 6) is -1.06. The Labute approximate surface area is 228 Å². The first-order chi connectivity index (χ1) is 18.1. The maximum absolute atomic E-state index is 13.6. The van der Waals surface area contributed by atoms with Crippen LogP contribution in [-0.4, -0.2) is 51.0 Å². The maximum atomic E-state index is 13.6.